The number of carbonyl (C=O) groups is 1. The SMILES string of the molecule is Cc1ccccc1NC(=O)CSc1nnc(Cc2ccccc2)n1N. The quantitative estimate of drug-likeness (QED) is 0.525. The molecular weight excluding hydrogens is 334 g/mol. The molecule has 0 fully saturated rings. The number of thioether (sulfide) groups is 1. The molecule has 7 heteroatoms. The number of benzene rings is 2. The molecule has 128 valence electrons. The van der Waals surface area contributed by atoms with Crippen LogP contribution in [0.25, 0.3) is 0 Å². The van der Waals surface area contributed by atoms with Crippen molar-refractivity contribution in [1.82, 2.24) is 14.9 Å². The van der Waals surface area contributed by atoms with Gasteiger partial charge >= 0.3 is 0 Å². The third-order valence-electron chi connectivity index (χ3n) is 3.69. The van der Waals surface area contributed by atoms with E-state index in [-0.39, 0.29) is 11.7 Å². The van der Waals surface area contributed by atoms with Gasteiger partial charge in [0.05, 0.1) is 5.75 Å². The first-order valence-electron chi connectivity index (χ1n) is 7.85. The Morgan fingerprint density at radius 1 is 1.12 bits per heavy atom. The van der Waals surface area contributed by atoms with E-state index in [0.717, 1.165) is 16.8 Å². The van der Waals surface area contributed by atoms with Crippen molar-refractivity contribution in [2.24, 2.45) is 0 Å². The number of rotatable bonds is 6. The summed E-state index contributed by atoms with van der Waals surface area (Å²) in [6.07, 6.45) is 0.598. The molecule has 3 aromatic rings. The summed E-state index contributed by atoms with van der Waals surface area (Å²) >= 11 is 1.26. The number of hydrogen-bond acceptors (Lipinski definition) is 5. The van der Waals surface area contributed by atoms with Gasteiger partial charge < -0.3 is 11.2 Å². The van der Waals surface area contributed by atoms with Crippen molar-refractivity contribution in [1.29, 1.82) is 0 Å². The first kappa shape index (κ1) is 17.0. The second-order valence-electron chi connectivity index (χ2n) is 5.58. The zero-order valence-corrected chi connectivity index (χ0v) is 14.7. The molecule has 0 spiro atoms. The number of nitrogens with one attached hydrogen (secondary N) is 1. The lowest BCUT2D eigenvalue weighted by Gasteiger charge is -2.07. The van der Waals surface area contributed by atoms with Crippen molar-refractivity contribution >= 4 is 23.4 Å². The fourth-order valence-electron chi connectivity index (χ4n) is 2.33. The predicted molar refractivity (Wildman–Crippen MR) is 100.0 cm³/mol. The summed E-state index contributed by atoms with van der Waals surface area (Å²) in [5.74, 6) is 6.83. The smallest absolute Gasteiger partial charge is 0.234 e. The number of amides is 1. The van der Waals surface area contributed by atoms with Gasteiger partial charge in [0.15, 0.2) is 5.82 Å². The molecule has 0 radical (unpaired) electrons. The molecule has 25 heavy (non-hydrogen) atoms. The van der Waals surface area contributed by atoms with Gasteiger partial charge in [-0.1, -0.05) is 60.3 Å². The summed E-state index contributed by atoms with van der Waals surface area (Å²) < 4.78 is 1.44. The van der Waals surface area contributed by atoms with Crippen LogP contribution < -0.4 is 11.2 Å². The minimum Gasteiger partial charge on any atom is -0.336 e. The molecule has 0 atom stereocenters. The Morgan fingerprint density at radius 3 is 2.60 bits per heavy atom. The molecule has 2 aromatic carbocycles. The highest BCUT2D eigenvalue weighted by molar-refractivity contribution is 7.99. The Hall–Kier alpha value is -2.80. The fourth-order valence-corrected chi connectivity index (χ4v) is 3.01. The van der Waals surface area contributed by atoms with E-state index in [1.807, 2.05) is 61.5 Å². The van der Waals surface area contributed by atoms with Gasteiger partial charge in [-0.25, -0.2) is 4.68 Å². The van der Waals surface area contributed by atoms with Crippen LogP contribution >= 0.6 is 11.8 Å². The van der Waals surface area contributed by atoms with E-state index in [2.05, 4.69) is 15.5 Å². The fraction of sp³-hybridized carbons (Fsp3) is 0.167. The normalized spacial score (nSPS) is 10.6. The monoisotopic (exact) mass is 353 g/mol. The summed E-state index contributed by atoms with van der Waals surface area (Å²) in [6.45, 7) is 1.95. The molecule has 0 unspecified atom stereocenters. The zero-order chi connectivity index (χ0) is 17.6. The number of aryl methyl sites for hydroxylation is 1. The van der Waals surface area contributed by atoms with E-state index in [0.29, 0.717) is 17.4 Å². The minimum absolute atomic E-state index is 0.105. The molecule has 1 heterocycles. The molecular formula is C18H19N5OS. The van der Waals surface area contributed by atoms with Gasteiger partial charge in [0, 0.05) is 12.1 Å². The zero-order valence-electron chi connectivity index (χ0n) is 13.8. The van der Waals surface area contributed by atoms with Gasteiger partial charge in [0.2, 0.25) is 11.1 Å². The lowest BCUT2D eigenvalue weighted by molar-refractivity contribution is -0.113. The Kier molecular flexibility index (Phi) is 5.35. The van der Waals surface area contributed by atoms with E-state index >= 15 is 0 Å². The van der Waals surface area contributed by atoms with Crippen LogP contribution in [0.4, 0.5) is 5.69 Å². The van der Waals surface area contributed by atoms with E-state index in [1.165, 1.54) is 16.4 Å². The molecule has 0 saturated carbocycles. The van der Waals surface area contributed by atoms with Gasteiger partial charge in [-0.2, -0.15) is 0 Å². The van der Waals surface area contributed by atoms with Crippen molar-refractivity contribution in [2.75, 3.05) is 16.9 Å². The van der Waals surface area contributed by atoms with Crippen molar-refractivity contribution in [3.05, 3.63) is 71.5 Å². The van der Waals surface area contributed by atoms with E-state index in [9.17, 15) is 4.79 Å². The summed E-state index contributed by atoms with van der Waals surface area (Å²) in [6, 6.07) is 17.6. The van der Waals surface area contributed by atoms with E-state index in [1.54, 1.807) is 0 Å². The largest absolute Gasteiger partial charge is 0.336 e. The van der Waals surface area contributed by atoms with E-state index < -0.39 is 0 Å². The van der Waals surface area contributed by atoms with Crippen molar-refractivity contribution < 1.29 is 4.79 Å². The highest BCUT2D eigenvalue weighted by Gasteiger charge is 2.13. The maximum Gasteiger partial charge on any atom is 0.234 e. The molecule has 0 bridgehead atoms. The Morgan fingerprint density at radius 2 is 1.84 bits per heavy atom. The number of hydrogen-bond donors (Lipinski definition) is 2. The van der Waals surface area contributed by atoms with Crippen molar-refractivity contribution in [3.63, 3.8) is 0 Å². The maximum absolute atomic E-state index is 12.1. The van der Waals surface area contributed by atoms with Gasteiger partial charge in [0.1, 0.15) is 0 Å². The molecule has 0 aliphatic rings. The van der Waals surface area contributed by atoms with Crippen LogP contribution in [0.15, 0.2) is 59.8 Å². The maximum atomic E-state index is 12.1. The van der Waals surface area contributed by atoms with Crippen molar-refractivity contribution in [3.8, 4) is 0 Å². The second-order valence-corrected chi connectivity index (χ2v) is 6.53. The van der Waals surface area contributed by atoms with Gasteiger partial charge in [-0.15, -0.1) is 10.2 Å². The molecule has 6 nitrogen and oxygen atoms in total. The van der Waals surface area contributed by atoms with E-state index in [4.69, 9.17) is 5.84 Å². The summed E-state index contributed by atoms with van der Waals surface area (Å²) in [5, 5.41) is 11.6. The second kappa shape index (κ2) is 7.85. The number of carbonyl (C=O) groups excluding carboxylic acids is 1. The van der Waals surface area contributed by atoms with Gasteiger partial charge in [-0.05, 0) is 24.1 Å². The van der Waals surface area contributed by atoms with Crippen LogP contribution in [-0.4, -0.2) is 26.5 Å². The molecule has 0 saturated heterocycles. The van der Waals surface area contributed by atoms with Crippen LogP contribution in [0.5, 0.6) is 0 Å². The van der Waals surface area contributed by atoms with Crippen LogP contribution in [0.2, 0.25) is 0 Å². The number of nitrogens with two attached hydrogens (primary N) is 1. The van der Waals surface area contributed by atoms with Gasteiger partial charge in [-0.3, -0.25) is 4.79 Å². The van der Waals surface area contributed by atoms with Crippen LogP contribution in [-0.2, 0) is 11.2 Å². The third kappa shape index (κ3) is 4.39. The number of para-hydroxylation sites is 1. The average Bonchev–Trinajstić information content (AvgIpc) is 2.96. The van der Waals surface area contributed by atoms with Gasteiger partial charge in [0.25, 0.3) is 0 Å². The molecule has 3 N–H and O–H groups in total. The highest BCUT2D eigenvalue weighted by atomic mass is 32.2. The standard InChI is InChI=1S/C18H19N5OS/c1-13-7-5-6-10-15(13)20-17(24)12-25-18-22-21-16(23(18)19)11-14-8-3-2-4-9-14/h2-10H,11-12,19H2,1H3,(H,20,24). The first-order chi connectivity index (χ1) is 12.1. The molecule has 1 aromatic heterocycles. The topological polar surface area (TPSA) is 85.8 Å². The number of anilines is 1. The van der Waals surface area contributed by atoms with Crippen molar-refractivity contribution in [2.45, 2.75) is 18.5 Å². The number of aromatic nitrogens is 3. The summed E-state index contributed by atoms with van der Waals surface area (Å²) in [5.41, 5.74) is 2.94. The Balaban J connectivity index is 1.58. The third-order valence-corrected chi connectivity index (χ3v) is 4.63. The highest BCUT2D eigenvalue weighted by Crippen LogP contribution is 2.18. The van der Waals surface area contributed by atoms with Crippen LogP contribution in [0, 0.1) is 6.92 Å². The number of nitrogen functional groups attached to an aromatic ring is 1. The number of nitrogens with zero attached hydrogens (tertiary/aromatic N) is 3. The average molecular weight is 353 g/mol. The molecule has 3 rings (SSSR count). The predicted octanol–water partition coefficient (Wildman–Crippen LogP) is 2.62. The molecule has 1 amide bonds. The molecule has 0 aliphatic carbocycles. The lowest BCUT2D eigenvalue weighted by Crippen LogP contribution is -2.17. The molecule has 0 aliphatic heterocycles. The summed E-state index contributed by atoms with van der Waals surface area (Å²) in [7, 11) is 0. The lowest BCUT2D eigenvalue weighted by atomic mass is 10.1. The Labute approximate surface area is 150 Å². The minimum atomic E-state index is -0.105. The Bertz CT molecular complexity index is 863. The summed E-state index contributed by atoms with van der Waals surface area (Å²) in [4.78, 5) is 12.1. The first-order valence-corrected chi connectivity index (χ1v) is 8.83. The van der Waals surface area contributed by atoms with Crippen LogP contribution in [0.1, 0.15) is 17.0 Å². The van der Waals surface area contributed by atoms with Crippen LogP contribution in [0.3, 0.4) is 0 Å².